The molecule has 4 heteroatoms. The molecular formula is C16H24N2O2. The van der Waals surface area contributed by atoms with Crippen LogP contribution in [-0.4, -0.2) is 37.1 Å². The topological polar surface area (TPSA) is 55.6 Å². The van der Waals surface area contributed by atoms with E-state index in [1.54, 1.807) is 0 Å². The van der Waals surface area contributed by atoms with E-state index in [4.69, 9.17) is 10.5 Å². The molecule has 20 heavy (non-hydrogen) atoms. The van der Waals surface area contributed by atoms with E-state index in [2.05, 4.69) is 4.90 Å². The van der Waals surface area contributed by atoms with Crippen LogP contribution in [-0.2, 0) is 15.1 Å². The number of ether oxygens (including phenoxy) is 1. The van der Waals surface area contributed by atoms with Gasteiger partial charge in [-0.05, 0) is 38.4 Å². The Balaban J connectivity index is 2.21. The molecule has 1 fully saturated rings. The maximum atomic E-state index is 12.4. The summed E-state index contributed by atoms with van der Waals surface area (Å²) >= 11 is 0. The molecule has 1 atom stereocenters. The zero-order valence-electron chi connectivity index (χ0n) is 12.2. The van der Waals surface area contributed by atoms with Gasteiger partial charge in [0.1, 0.15) is 0 Å². The van der Waals surface area contributed by atoms with Crippen molar-refractivity contribution in [3.63, 3.8) is 0 Å². The van der Waals surface area contributed by atoms with Gasteiger partial charge in [-0.2, -0.15) is 0 Å². The third kappa shape index (κ3) is 3.38. The van der Waals surface area contributed by atoms with Crippen LogP contribution in [0, 0.1) is 0 Å². The number of nitrogens with zero attached hydrogens (tertiary/aromatic N) is 1. The lowest BCUT2D eigenvalue weighted by atomic mass is 9.89. The third-order valence-corrected chi connectivity index (χ3v) is 3.85. The molecule has 0 radical (unpaired) electrons. The normalized spacial score (nSPS) is 19.3. The predicted molar refractivity (Wildman–Crippen MR) is 79.2 cm³/mol. The van der Waals surface area contributed by atoms with Crippen LogP contribution >= 0.6 is 0 Å². The molecule has 0 spiro atoms. The van der Waals surface area contributed by atoms with E-state index < -0.39 is 5.54 Å². The highest BCUT2D eigenvalue weighted by Crippen LogP contribution is 2.23. The van der Waals surface area contributed by atoms with Crippen LogP contribution in [0.15, 0.2) is 30.3 Å². The molecule has 1 saturated heterocycles. The molecule has 2 N–H and O–H groups in total. The summed E-state index contributed by atoms with van der Waals surface area (Å²) in [4.78, 5) is 14.6. The van der Waals surface area contributed by atoms with Crippen LogP contribution in [0.5, 0.6) is 0 Å². The molecule has 1 aromatic rings. The lowest BCUT2D eigenvalue weighted by molar-refractivity contribution is -0.151. The average molecular weight is 276 g/mol. The summed E-state index contributed by atoms with van der Waals surface area (Å²) in [5.41, 5.74) is 6.21. The number of likely N-dealkylation sites (tertiary alicyclic amines) is 1. The Morgan fingerprint density at radius 2 is 1.90 bits per heavy atom. The molecule has 110 valence electrons. The summed E-state index contributed by atoms with van der Waals surface area (Å²) in [5, 5.41) is 0. The molecule has 0 aliphatic carbocycles. The Hall–Kier alpha value is -1.39. The number of piperidine rings is 1. The first-order valence-electron chi connectivity index (χ1n) is 7.41. The van der Waals surface area contributed by atoms with Gasteiger partial charge < -0.3 is 15.4 Å². The van der Waals surface area contributed by atoms with Gasteiger partial charge in [0.05, 0.1) is 6.61 Å². The van der Waals surface area contributed by atoms with Gasteiger partial charge in [-0.15, -0.1) is 0 Å². The smallest absolute Gasteiger partial charge is 0.332 e. The second kappa shape index (κ2) is 6.86. The molecule has 1 heterocycles. The molecule has 2 rings (SSSR count). The Kier molecular flexibility index (Phi) is 5.15. The van der Waals surface area contributed by atoms with E-state index in [-0.39, 0.29) is 5.97 Å². The van der Waals surface area contributed by atoms with Crippen molar-refractivity contribution < 1.29 is 9.53 Å². The van der Waals surface area contributed by atoms with Crippen molar-refractivity contribution >= 4 is 5.97 Å². The SMILES string of the molecule is CCOC(=O)C(N)(CN1CCCCC1)c1ccccc1. The van der Waals surface area contributed by atoms with E-state index >= 15 is 0 Å². The predicted octanol–water partition coefficient (Wildman–Crippen LogP) is 1.89. The first-order chi connectivity index (χ1) is 9.66. The zero-order chi connectivity index (χ0) is 14.4. The highest BCUT2D eigenvalue weighted by molar-refractivity contribution is 5.82. The van der Waals surface area contributed by atoms with E-state index in [1.807, 2.05) is 37.3 Å². The van der Waals surface area contributed by atoms with Crippen molar-refractivity contribution in [2.24, 2.45) is 5.73 Å². The number of nitrogens with two attached hydrogens (primary N) is 1. The van der Waals surface area contributed by atoms with Gasteiger partial charge in [0.25, 0.3) is 0 Å². The fourth-order valence-corrected chi connectivity index (χ4v) is 2.74. The summed E-state index contributed by atoms with van der Waals surface area (Å²) in [7, 11) is 0. The number of carbonyl (C=O) groups excluding carboxylic acids is 1. The molecule has 1 aromatic carbocycles. The molecule has 1 aliphatic heterocycles. The molecule has 0 amide bonds. The highest BCUT2D eigenvalue weighted by Gasteiger charge is 2.39. The van der Waals surface area contributed by atoms with Crippen LogP contribution in [0.4, 0.5) is 0 Å². The summed E-state index contributed by atoms with van der Waals surface area (Å²) in [6, 6.07) is 9.55. The maximum Gasteiger partial charge on any atom is 0.332 e. The number of hydrogen-bond donors (Lipinski definition) is 1. The third-order valence-electron chi connectivity index (χ3n) is 3.85. The van der Waals surface area contributed by atoms with Gasteiger partial charge in [-0.1, -0.05) is 36.8 Å². The molecule has 0 aromatic heterocycles. The van der Waals surface area contributed by atoms with Gasteiger partial charge in [0.15, 0.2) is 5.54 Å². The molecule has 1 unspecified atom stereocenters. The summed E-state index contributed by atoms with van der Waals surface area (Å²) < 4.78 is 5.21. The molecule has 0 bridgehead atoms. The minimum absolute atomic E-state index is 0.336. The largest absolute Gasteiger partial charge is 0.464 e. The van der Waals surface area contributed by atoms with Gasteiger partial charge in [0.2, 0.25) is 0 Å². The number of rotatable bonds is 5. The monoisotopic (exact) mass is 276 g/mol. The van der Waals surface area contributed by atoms with Gasteiger partial charge in [0, 0.05) is 6.54 Å². The second-order valence-corrected chi connectivity index (χ2v) is 5.39. The zero-order valence-corrected chi connectivity index (χ0v) is 12.2. The number of esters is 1. The first-order valence-corrected chi connectivity index (χ1v) is 7.41. The van der Waals surface area contributed by atoms with Crippen molar-refractivity contribution in [2.45, 2.75) is 31.7 Å². The minimum atomic E-state index is -1.07. The van der Waals surface area contributed by atoms with Crippen LogP contribution in [0.3, 0.4) is 0 Å². The van der Waals surface area contributed by atoms with Crippen molar-refractivity contribution in [3.8, 4) is 0 Å². The fourth-order valence-electron chi connectivity index (χ4n) is 2.74. The second-order valence-electron chi connectivity index (χ2n) is 5.39. The van der Waals surface area contributed by atoms with E-state index in [9.17, 15) is 4.79 Å². The van der Waals surface area contributed by atoms with Gasteiger partial charge in [-0.25, -0.2) is 4.79 Å². The molecular weight excluding hydrogens is 252 g/mol. The number of carbonyl (C=O) groups is 1. The van der Waals surface area contributed by atoms with Crippen molar-refractivity contribution in [1.82, 2.24) is 4.90 Å². The van der Waals surface area contributed by atoms with Gasteiger partial charge >= 0.3 is 5.97 Å². The quantitative estimate of drug-likeness (QED) is 0.834. The van der Waals surface area contributed by atoms with Crippen molar-refractivity contribution in [3.05, 3.63) is 35.9 Å². The van der Waals surface area contributed by atoms with Crippen LogP contribution in [0.25, 0.3) is 0 Å². The average Bonchev–Trinajstić information content (AvgIpc) is 2.49. The number of benzene rings is 1. The highest BCUT2D eigenvalue weighted by atomic mass is 16.5. The van der Waals surface area contributed by atoms with Crippen LogP contribution < -0.4 is 5.73 Å². The Morgan fingerprint density at radius 1 is 1.25 bits per heavy atom. The summed E-state index contributed by atoms with van der Waals surface area (Å²) in [6.07, 6.45) is 3.61. The van der Waals surface area contributed by atoms with Gasteiger partial charge in [-0.3, -0.25) is 0 Å². The van der Waals surface area contributed by atoms with Crippen LogP contribution in [0.1, 0.15) is 31.7 Å². The lowest BCUT2D eigenvalue weighted by Crippen LogP contribution is -2.55. The Labute approximate surface area is 120 Å². The van der Waals surface area contributed by atoms with E-state index in [0.29, 0.717) is 13.2 Å². The van der Waals surface area contributed by atoms with Crippen molar-refractivity contribution in [1.29, 1.82) is 0 Å². The summed E-state index contributed by atoms with van der Waals surface area (Å²) in [6.45, 7) is 4.70. The number of hydrogen-bond acceptors (Lipinski definition) is 4. The van der Waals surface area contributed by atoms with Crippen molar-refractivity contribution in [2.75, 3.05) is 26.2 Å². The van der Waals surface area contributed by atoms with Crippen LogP contribution in [0.2, 0.25) is 0 Å². The van der Waals surface area contributed by atoms with E-state index in [1.165, 1.54) is 19.3 Å². The summed E-state index contributed by atoms with van der Waals surface area (Å²) in [5.74, 6) is -0.336. The molecule has 1 aliphatic rings. The fraction of sp³-hybridized carbons (Fsp3) is 0.562. The molecule has 4 nitrogen and oxygen atoms in total. The first kappa shape index (κ1) is 15.0. The Morgan fingerprint density at radius 3 is 2.50 bits per heavy atom. The molecule has 0 saturated carbocycles. The van der Waals surface area contributed by atoms with E-state index in [0.717, 1.165) is 18.7 Å². The standard InChI is InChI=1S/C16H24N2O2/c1-2-20-15(19)16(17,14-9-5-3-6-10-14)13-18-11-7-4-8-12-18/h3,5-6,9-10H,2,4,7-8,11-13,17H2,1H3. The lowest BCUT2D eigenvalue weighted by Gasteiger charge is -2.35. The minimum Gasteiger partial charge on any atom is -0.464 e. The maximum absolute atomic E-state index is 12.4. The Bertz CT molecular complexity index is 429.